The van der Waals surface area contributed by atoms with E-state index in [9.17, 15) is 44.1 Å². The molecule has 5 atom stereocenters. The molecule has 12 N–H and O–H groups in total. The van der Waals surface area contributed by atoms with E-state index in [-0.39, 0.29) is 25.0 Å². The average Bonchev–Trinajstić information content (AvgIpc) is 3.09. The number of aliphatic carboxylic acids is 1. The molecule has 0 aromatic carbocycles. The molecule has 1 aromatic rings. The number of aliphatic hydroxyl groups is 3. The molecule has 0 unspecified atom stereocenters. The van der Waals surface area contributed by atoms with Crippen LogP contribution in [0.15, 0.2) is 24.5 Å². The Bertz CT molecular complexity index is 897. The minimum Gasteiger partial charge on any atom is -0.790 e. The number of aromatic nitrogens is 1. The lowest BCUT2D eigenvalue weighted by Crippen LogP contribution is -2.65. The third kappa shape index (κ3) is 12.9. The molecule has 36 heavy (non-hydrogen) atoms. The van der Waals surface area contributed by atoms with E-state index in [4.69, 9.17) is 20.7 Å². The summed E-state index contributed by atoms with van der Waals surface area (Å²) in [5.41, 5.74) is 11.3. The standard InChI is InChI=1S/C11H14NO9P.C5H10N2O3.C2H7NO/c13-8-7(5-20-22(17,18)19)21-10(9(8)14)12-3-1-2-6(4-12)11(15)16;6-3(5(9)10)1-2-4(7)8;3-1-2-4/h1-4,7-10,13-14H,5H2,(H2-,15,16,17,18,19);3H,1-2,6H2,(H2,7,8)(H,9,10);4H,1-3H2/t7-,8-,9-,10-;3-;/m10./s1. The Kier molecular flexibility index (Phi) is 15.1. The van der Waals surface area contributed by atoms with Crippen molar-refractivity contribution in [2.45, 2.75) is 43.4 Å². The number of pyridine rings is 1. The number of hydrogen-bond acceptors (Lipinski definition) is 12. The van der Waals surface area contributed by atoms with Gasteiger partial charge in [-0.15, -0.1) is 0 Å². The number of aromatic carboxylic acids is 1. The van der Waals surface area contributed by atoms with Crippen molar-refractivity contribution in [2.75, 3.05) is 19.8 Å². The highest BCUT2D eigenvalue weighted by molar-refractivity contribution is 7.43. The number of aliphatic hydroxyl groups excluding tert-OH is 3. The number of carboxylic acid groups (broad SMARTS) is 2. The molecule has 2 rings (SSSR count). The van der Waals surface area contributed by atoms with Crippen LogP contribution in [0.3, 0.4) is 0 Å². The molecular weight excluding hydrogens is 511 g/mol. The number of primary amides is 1. The zero-order chi connectivity index (χ0) is 28.1. The van der Waals surface area contributed by atoms with Crippen molar-refractivity contribution in [2.24, 2.45) is 5.73 Å². The van der Waals surface area contributed by atoms with Crippen LogP contribution in [-0.2, 0) is 23.4 Å². The predicted molar refractivity (Wildman–Crippen MR) is 108 cm³/mol. The van der Waals surface area contributed by atoms with Gasteiger partial charge in [-0.1, -0.05) is 0 Å². The molecule has 0 radical (unpaired) electrons. The number of nitrogens with zero attached hydrogens (tertiary/aromatic N) is 1. The second-order valence-electron chi connectivity index (χ2n) is 7.23. The first-order chi connectivity index (χ1) is 16.6. The Balaban J connectivity index is 0.000000729. The second kappa shape index (κ2) is 16.2. The van der Waals surface area contributed by atoms with Crippen LogP contribution >= 0.6 is 7.82 Å². The Morgan fingerprint density at radius 1 is 1.28 bits per heavy atom. The highest BCUT2D eigenvalue weighted by Gasteiger charge is 2.48. The fourth-order valence-corrected chi connectivity index (χ4v) is 2.82. The van der Waals surface area contributed by atoms with Gasteiger partial charge < -0.3 is 71.1 Å². The number of carbonyl (C=O) groups excluding carboxylic acids is 2. The lowest BCUT2D eigenvalue weighted by atomic mass is 10.1. The molecular formula is C18H31N4O13P. The Hall–Kier alpha value is -2.57. The monoisotopic (exact) mass is 542 g/mol. The molecule has 1 aliphatic heterocycles. The zero-order valence-corrected chi connectivity index (χ0v) is 20.0. The number of phosphoric ester groups is 1. The van der Waals surface area contributed by atoms with Crippen LogP contribution in [0, 0.1) is 0 Å². The molecule has 1 aliphatic rings. The number of carbonyl (C=O) groups is 3. The average molecular weight is 542 g/mol. The van der Waals surface area contributed by atoms with E-state index in [1.54, 1.807) is 0 Å². The van der Waals surface area contributed by atoms with Crippen molar-refractivity contribution in [3.8, 4) is 0 Å². The number of amides is 1. The molecule has 1 amide bonds. The van der Waals surface area contributed by atoms with Crippen molar-refractivity contribution in [1.82, 2.24) is 0 Å². The highest BCUT2D eigenvalue weighted by Crippen LogP contribution is 2.30. The quantitative estimate of drug-likeness (QED) is 0.107. The summed E-state index contributed by atoms with van der Waals surface area (Å²) in [5.74, 6) is -2.93. The van der Waals surface area contributed by atoms with Crippen molar-refractivity contribution in [3.63, 3.8) is 0 Å². The van der Waals surface area contributed by atoms with E-state index in [1.165, 1.54) is 22.9 Å². The van der Waals surface area contributed by atoms with Gasteiger partial charge in [-0.05, 0) is 6.07 Å². The molecule has 18 heteroatoms. The topological polar surface area (TPSA) is 322 Å². The number of rotatable bonds is 10. The molecule has 0 saturated carbocycles. The number of phosphoric acid groups is 1. The molecule has 1 fully saturated rings. The largest absolute Gasteiger partial charge is 0.790 e. The van der Waals surface area contributed by atoms with E-state index >= 15 is 0 Å². The van der Waals surface area contributed by atoms with Crippen LogP contribution in [-0.4, -0.2) is 82.4 Å². The molecule has 206 valence electrons. The fraction of sp³-hybridized carbons (Fsp3) is 0.556. The summed E-state index contributed by atoms with van der Waals surface area (Å²) in [6.07, 6.45) is -2.65. The lowest BCUT2D eigenvalue weighted by Gasteiger charge is -2.30. The van der Waals surface area contributed by atoms with Gasteiger partial charge in [0.15, 0.2) is 24.5 Å². The number of quaternary nitrogens is 2. The van der Waals surface area contributed by atoms with Crippen LogP contribution in [0.5, 0.6) is 0 Å². The molecule has 2 heterocycles. The smallest absolute Gasteiger partial charge is 0.362 e. The highest BCUT2D eigenvalue weighted by atomic mass is 31.2. The summed E-state index contributed by atoms with van der Waals surface area (Å²) in [6, 6.07) is 1.89. The van der Waals surface area contributed by atoms with Crippen molar-refractivity contribution in [3.05, 3.63) is 30.1 Å². The number of carboxylic acids is 2. The van der Waals surface area contributed by atoms with Gasteiger partial charge in [0, 0.05) is 18.9 Å². The van der Waals surface area contributed by atoms with E-state index in [0.29, 0.717) is 6.54 Å². The molecule has 0 spiro atoms. The number of ether oxygens (including phenoxy) is 1. The van der Waals surface area contributed by atoms with Crippen molar-refractivity contribution in [1.29, 1.82) is 0 Å². The van der Waals surface area contributed by atoms with Crippen molar-refractivity contribution >= 4 is 25.7 Å². The summed E-state index contributed by atoms with van der Waals surface area (Å²) in [6.45, 7) is 0.0692. The van der Waals surface area contributed by atoms with Gasteiger partial charge in [0.05, 0.1) is 39.1 Å². The number of nitrogens with two attached hydrogens (primary N) is 1. The van der Waals surface area contributed by atoms with Gasteiger partial charge in [-0.2, -0.15) is 4.57 Å². The summed E-state index contributed by atoms with van der Waals surface area (Å²) in [4.78, 5) is 51.9. The summed E-state index contributed by atoms with van der Waals surface area (Å²) >= 11 is 0. The van der Waals surface area contributed by atoms with Crippen molar-refractivity contribution < 1.29 is 79.6 Å². The van der Waals surface area contributed by atoms with Gasteiger partial charge in [0.1, 0.15) is 12.2 Å². The van der Waals surface area contributed by atoms with E-state index in [2.05, 4.69) is 16.0 Å². The molecule has 1 aromatic heterocycles. The summed E-state index contributed by atoms with van der Waals surface area (Å²) < 4.78 is 20.8. The molecule has 0 aliphatic carbocycles. The Morgan fingerprint density at radius 3 is 2.31 bits per heavy atom. The molecule has 1 saturated heterocycles. The molecule has 17 nitrogen and oxygen atoms in total. The van der Waals surface area contributed by atoms with Crippen LogP contribution in [0.2, 0.25) is 0 Å². The van der Waals surface area contributed by atoms with Crippen LogP contribution < -0.4 is 36.7 Å². The summed E-state index contributed by atoms with van der Waals surface area (Å²) in [5, 5.41) is 46.6. The maximum absolute atomic E-state index is 10.8. The SMILES string of the molecule is NC(=O)CC[C@H]([NH3+])C(=O)O.O=C([O-])c1ccc[n+]([C@@H]2O[C@H](COP(=O)([O-])[O-])[C@@H](O)[C@H]2O)c1.[NH3+]CCO. The van der Waals surface area contributed by atoms with Crippen LogP contribution in [0.4, 0.5) is 0 Å². The second-order valence-corrected chi connectivity index (χ2v) is 8.39. The van der Waals surface area contributed by atoms with E-state index in [0.717, 1.165) is 6.20 Å². The Labute approximate surface area is 204 Å². The predicted octanol–water partition coefficient (Wildman–Crippen LogP) is -8.03. The zero-order valence-electron chi connectivity index (χ0n) is 19.1. The first-order valence-corrected chi connectivity index (χ1v) is 11.7. The first kappa shape index (κ1) is 33.4. The fourth-order valence-electron chi connectivity index (χ4n) is 2.49. The third-order valence-corrected chi connectivity index (χ3v) is 4.80. The van der Waals surface area contributed by atoms with Gasteiger partial charge in [-0.3, -0.25) is 4.79 Å². The molecule has 0 bridgehead atoms. The third-order valence-electron chi connectivity index (χ3n) is 4.33. The van der Waals surface area contributed by atoms with Gasteiger partial charge in [0.2, 0.25) is 5.91 Å². The van der Waals surface area contributed by atoms with Gasteiger partial charge in [-0.25, -0.2) is 4.79 Å². The lowest BCUT2D eigenvalue weighted by molar-refractivity contribution is -0.765. The van der Waals surface area contributed by atoms with E-state index in [1.807, 2.05) is 0 Å². The van der Waals surface area contributed by atoms with Gasteiger partial charge in [0.25, 0.3) is 6.23 Å². The summed E-state index contributed by atoms with van der Waals surface area (Å²) in [7, 11) is -5.24. The van der Waals surface area contributed by atoms with Crippen LogP contribution in [0.1, 0.15) is 29.4 Å². The minimum absolute atomic E-state index is 0.0838. The van der Waals surface area contributed by atoms with E-state index < -0.39 is 62.9 Å². The first-order valence-electron chi connectivity index (χ1n) is 10.3. The van der Waals surface area contributed by atoms with Crippen LogP contribution in [0.25, 0.3) is 0 Å². The number of hydrogen-bond donors (Lipinski definition) is 7. The maximum atomic E-state index is 10.8. The Morgan fingerprint density at radius 2 is 1.86 bits per heavy atom. The van der Waals surface area contributed by atoms with Gasteiger partial charge >= 0.3 is 5.97 Å². The minimum atomic E-state index is -5.24. The maximum Gasteiger partial charge on any atom is 0.362 e. The normalized spacial score (nSPS) is 21.9.